The number of carbonyl (C=O) groups is 1. The van der Waals surface area contributed by atoms with Gasteiger partial charge in [-0.1, -0.05) is 5.22 Å². The van der Waals surface area contributed by atoms with E-state index in [1.165, 1.54) is 6.20 Å². The molecule has 0 bridgehead atoms. The Labute approximate surface area is 151 Å². The quantitative estimate of drug-likeness (QED) is 0.400. The number of halogens is 1. The molecular formula is C15H26FN9O. The van der Waals surface area contributed by atoms with Crippen molar-refractivity contribution in [1.29, 1.82) is 0 Å². The first-order chi connectivity index (χ1) is 12.5. The fourth-order valence-electron chi connectivity index (χ4n) is 4.34. The van der Waals surface area contributed by atoms with E-state index in [-0.39, 0.29) is 42.4 Å². The number of nitrogens with one attached hydrogen (secondary N) is 4. The lowest BCUT2D eigenvalue weighted by Gasteiger charge is -2.38. The number of hydrazine groups is 1. The maximum absolute atomic E-state index is 13.5. The van der Waals surface area contributed by atoms with Crippen LogP contribution in [0, 0.1) is 11.8 Å². The van der Waals surface area contributed by atoms with E-state index < -0.39 is 12.1 Å². The molecule has 10 nitrogen and oxygen atoms in total. The maximum atomic E-state index is 13.5. The van der Waals surface area contributed by atoms with Crippen LogP contribution in [-0.4, -0.2) is 73.6 Å². The third kappa shape index (κ3) is 3.15. The number of piperidine rings is 1. The van der Waals surface area contributed by atoms with Gasteiger partial charge in [-0.2, -0.15) is 5.11 Å². The highest BCUT2D eigenvalue weighted by Crippen LogP contribution is 2.27. The molecule has 0 saturated carbocycles. The summed E-state index contributed by atoms with van der Waals surface area (Å²) in [6.45, 7) is 2.36. The predicted molar refractivity (Wildman–Crippen MR) is 91.6 cm³/mol. The predicted octanol–water partition coefficient (Wildman–Crippen LogP) is -1.78. The van der Waals surface area contributed by atoms with Crippen molar-refractivity contribution < 1.29 is 9.18 Å². The van der Waals surface area contributed by atoms with Crippen molar-refractivity contribution >= 4 is 5.91 Å². The minimum Gasteiger partial charge on any atom is -0.351 e. The molecule has 6 N–H and O–H groups in total. The van der Waals surface area contributed by atoms with Gasteiger partial charge in [0.1, 0.15) is 17.9 Å². The number of nitrogens with zero attached hydrogens (tertiary/aromatic N) is 4. The van der Waals surface area contributed by atoms with E-state index in [1.807, 2.05) is 12.1 Å². The van der Waals surface area contributed by atoms with Gasteiger partial charge < -0.3 is 16.4 Å². The Morgan fingerprint density at radius 2 is 2.35 bits per heavy atom. The summed E-state index contributed by atoms with van der Waals surface area (Å²) in [4.78, 5) is 13.0. The average molecular weight is 367 g/mol. The van der Waals surface area contributed by atoms with E-state index >= 15 is 0 Å². The van der Waals surface area contributed by atoms with E-state index in [0.29, 0.717) is 13.1 Å². The molecule has 4 aliphatic rings. The van der Waals surface area contributed by atoms with Crippen LogP contribution in [0.2, 0.25) is 0 Å². The van der Waals surface area contributed by atoms with Crippen LogP contribution >= 0.6 is 0 Å². The number of hydrogen-bond acceptors (Lipinski definition) is 9. The number of fused-ring (bicyclic) bond motifs is 1. The van der Waals surface area contributed by atoms with E-state index in [9.17, 15) is 9.18 Å². The van der Waals surface area contributed by atoms with Crippen molar-refractivity contribution in [3.8, 4) is 0 Å². The molecule has 4 heterocycles. The minimum absolute atomic E-state index is 0.0238. The Kier molecular flexibility index (Phi) is 4.78. The first kappa shape index (κ1) is 17.6. The molecule has 26 heavy (non-hydrogen) atoms. The number of rotatable bonds is 3. The zero-order chi connectivity index (χ0) is 18.3. The number of likely N-dealkylation sites (N-methyl/N-ethyl adjacent to an activating group) is 1. The molecule has 0 aromatic heterocycles. The number of carbonyl (C=O) groups excluding carboxylic acids is 1. The smallest absolute Gasteiger partial charge is 0.229 e. The Morgan fingerprint density at radius 3 is 3.12 bits per heavy atom. The minimum atomic E-state index is -0.580. The molecule has 0 radical (unpaired) electrons. The molecule has 0 aromatic rings. The molecule has 0 aliphatic carbocycles. The summed E-state index contributed by atoms with van der Waals surface area (Å²) in [5.74, 6) is -0.680. The SMILES string of the molecule is CN1N=NCC1C1CCNCC1NC(=O)C1C(N)NN2C=C(F)CNC12. The zero-order valence-electron chi connectivity index (χ0n) is 14.7. The normalized spacial score (nSPS) is 39.7. The molecule has 4 rings (SSSR count). The number of amides is 1. The molecule has 6 unspecified atom stereocenters. The van der Waals surface area contributed by atoms with Gasteiger partial charge in [0.2, 0.25) is 5.91 Å². The second kappa shape index (κ2) is 7.06. The van der Waals surface area contributed by atoms with Crippen molar-refractivity contribution in [1.82, 2.24) is 31.4 Å². The number of nitrogens with two attached hydrogens (primary N) is 1. The summed E-state index contributed by atoms with van der Waals surface area (Å²) >= 11 is 0. The Balaban J connectivity index is 1.44. The van der Waals surface area contributed by atoms with Crippen LogP contribution in [0.25, 0.3) is 0 Å². The van der Waals surface area contributed by atoms with Gasteiger partial charge in [0.15, 0.2) is 0 Å². The average Bonchev–Trinajstić information content (AvgIpc) is 3.17. The Hall–Kier alpha value is -1.82. The van der Waals surface area contributed by atoms with E-state index in [4.69, 9.17) is 5.73 Å². The van der Waals surface area contributed by atoms with E-state index in [2.05, 4.69) is 31.7 Å². The topological polar surface area (TPSA) is 122 Å². The van der Waals surface area contributed by atoms with Gasteiger partial charge >= 0.3 is 0 Å². The molecule has 144 valence electrons. The van der Waals surface area contributed by atoms with Gasteiger partial charge in [-0.05, 0) is 13.0 Å². The van der Waals surface area contributed by atoms with Gasteiger partial charge in [-0.15, -0.1) is 0 Å². The fraction of sp³-hybridized carbons (Fsp3) is 0.800. The fourth-order valence-corrected chi connectivity index (χ4v) is 4.34. The van der Waals surface area contributed by atoms with Gasteiger partial charge in [0.25, 0.3) is 0 Å². The lowest BCUT2D eigenvalue weighted by Crippen LogP contribution is -2.60. The van der Waals surface area contributed by atoms with Gasteiger partial charge in [-0.25, -0.2) is 9.82 Å². The summed E-state index contributed by atoms with van der Waals surface area (Å²) in [6, 6.07) is 0.170. The van der Waals surface area contributed by atoms with Crippen molar-refractivity contribution in [2.24, 2.45) is 27.9 Å². The highest BCUT2D eigenvalue weighted by molar-refractivity contribution is 5.81. The van der Waals surface area contributed by atoms with Crippen molar-refractivity contribution in [3.05, 3.63) is 12.0 Å². The van der Waals surface area contributed by atoms with Crippen molar-refractivity contribution in [2.75, 3.05) is 33.2 Å². The Bertz CT molecular complexity index is 614. The molecule has 4 aliphatic heterocycles. The largest absolute Gasteiger partial charge is 0.351 e. The Morgan fingerprint density at radius 1 is 1.50 bits per heavy atom. The summed E-state index contributed by atoms with van der Waals surface area (Å²) in [5.41, 5.74) is 9.06. The summed E-state index contributed by atoms with van der Waals surface area (Å²) in [5, 5.41) is 21.2. The van der Waals surface area contributed by atoms with Crippen LogP contribution in [0.5, 0.6) is 0 Å². The monoisotopic (exact) mass is 367 g/mol. The maximum Gasteiger partial charge on any atom is 0.229 e. The molecule has 0 spiro atoms. The molecule has 2 saturated heterocycles. The molecule has 11 heteroatoms. The highest BCUT2D eigenvalue weighted by atomic mass is 19.1. The molecule has 6 atom stereocenters. The van der Waals surface area contributed by atoms with Crippen LogP contribution in [0.1, 0.15) is 6.42 Å². The van der Waals surface area contributed by atoms with Crippen LogP contribution in [0.3, 0.4) is 0 Å². The molecule has 2 fully saturated rings. The highest BCUT2D eigenvalue weighted by Gasteiger charge is 2.46. The summed E-state index contributed by atoms with van der Waals surface area (Å²) < 4.78 is 13.5. The third-order valence-electron chi connectivity index (χ3n) is 5.70. The van der Waals surface area contributed by atoms with Crippen LogP contribution in [0.15, 0.2) is 22.4 Å². The van der Waals surface area contributed by atoms with Crippen molar-refractivity contribution in [3.63, 3.8) is 0 Å². The van der Waals surface area contributed by atoms with Crippen LogP contribution in [-0.2, 0) is 4.79 Å². The summed E-state index contributed by atoms with van der Waals surface area (Å²) in [6.07, 6.45) is 1.36. The second-order valence-corrected chi connectivity index (χ2v) is 7.32. The van der Waals surface area contributed by atoms with Gasteiger partial charge in [-0.3, -0.25) is 20.1 Å². The number of hydrogen-bond donors (Lipinski definition) is 5. The summed E-state index contributed by atoms with van der Waals surface area (Å²) in [7, 11) is 1.92. The van der Waals surface area contributed by atoms with Gasteiger partial charge in [0, 0.05) is 25.6 Å². The lowest BCUT2D eigenvalue weighted by molar-refractivity contribution is -0.127. The standard InChI is InChI=1S/C15H26FN9O/c1-24-11(6-20-23-24)9-2-3-18-5-10(9)21-15(26)12-13(17)22-25-7-8(16)4-19-14(12)25/h7,9-14,18-19,22H,2-6,17H2,1H3,(H,21,26). The first-order valence-corrected chi connectivity index (χ1v) is 9.05. The molecular weight excluding hydrogens is 341 g/mol. The van der Waals surface area contributed by atoms with E-state index in [1.54, 1.807) is 5.01 Å². The molecule has 1 amide bonds. The van der Waals surface area contributed by atoms with Crippen LogP contribution < -0.4 is 27.1 Å². The van der Waals surface area contributed by atoms with Crippen molar-refractivity contribution in [2.45, 2.75) is 30.8 Å². The third-order valence-corrected chi connectivity index (χ3v) is 5.70. The van der Waals surface area contributed by atoms with Crippen LogP contribution in [0.4, 0.5) is 4.39 Å². The second-order valence-electron chi connectivity index (χ2n) is 7.32. The van der Waals surface area contributed by atoms with E-state index in [0.717, 1.165) is 13.0 Å². The van der Waals surface area contributed by atoms with Gasteiger partial charge in [0.05, 0.1) is 31.5 Å². The zero-order valence-corrected chi connectivity index (χ0v) is 14.7. The first-order valence-electron chi connectivity index (χ1n) is 9.05. The molecule has 0 aromatic carbocycles. The lowest BCUT2D eigenvalue weighted by atomic mass is 9.85.